The molecule has 2 aromatic heterocycles. The Morgan fingerprint density at radius 3 is 2.58 bits per heavy atom. The Hall–Kier alpha value is -2.90. The van der Waals surface area contributed by atoms with Crippen molar-refractivity contribution in [2.24, 2.45) is 4.99 Å². The third kappa shape index (κ3) is 5.73. The molecule has 0 spiro atoms. The van der Waals surface area contributed by atoms with Crippen molar-refractivity contribution >= 4 is 52.6 Å². The zero-order chi connectivity index (χ0) is 26.8. The second kappa shape index (κ2) is 11.0. The van der Waals surface area contributed by atoms with Crippen molar-refractivity contribution in [2.45, 2.75) is 69.9 Å². The second-order valence-corrected chi connectivity index (χ2v) is 9.92. The number of fused-ring (bicyclic) bond motifs is 1. The van der Waals surface area contributed by atoms with Gasteiger partial charge in [0.05, 0.1) is 23.5 Å². The Labute approximate surface area is 214 Å². The molecular formula is C23H34N6O6S. The molecule has 0 aromatic carbocycles. The molecular weight excluding hydrogens is 488 g/mol. The smallest absolute Gasteiger partial charge is 0.303 e. The lowest BCUT2D eigenvalue weighted by Gasteiger charge is -2.35. The van der Waals surface area contributed by atoms with Crippen LogP contribution in [0.1, 0.15) is 40.8 Å². The summed E-state index contributed by atoms with van der Waals surface area (Å²) in [4.78, 5) is 39.3. The van der Waals surface area contributed by atoms with Gasteiger partial charge in [0.15, 0.2) is 28.5 Å². The maximum absolute atomic E-state index is 12.3. The summed E-state index contributed by atoms with van der Waals surface area (Å²) in [6.45, 7) is 7.99. The number of esters is 2. The van der Waals surface area contributed by atoms with E-state index in [1.807, 2.05) is 34.2 Å². The number of hydrogen-bond donors (Lipinski definition) is 1. The number of hydrogen-bond acceptors (Lipinski definition) is 11. The number of rotatable bonds is 9. The van der Waals surface area contributed by atoms with Gasteiger partial charge in [0, 0.05) is 34.1 Å². The van der Waals surface area contributed by atoms with Crippen LogP contribution in [0.5, 0.6) is 0 Å². The Kier molecular flexibility index (Phi) is 8.47. The molecule has 36 heavy (non-hydrogen) atoms. The van der Waals surface area contributed by atoms with Crippen LogP contribution in [0.4, 0.5) is 11.5 Å². The van der Waals surface area contributed by atoms with Crippen LogP contribution in [0, 0.1) is 0 Å². The first-order valence-corrected chi connectivity index (χ1v) is 12.7. The number of anilines is 1. The van der Waals surface area contributed by atoms with Gasteiger partial charge in [-0.15, -0.1) is 0 Å². The fraction of sp³-hybridized carbons (Fsp3) is 0.609. The van der Waals surface area contributed by atoms with Gasteiger partial charge in [0.25, 0.3) is 0 Å². The lowest BCUT2D eigenvalue weighted by atomic mass is 9.95. The number of nitrogens with zero attached hydrogens (tertiary/aromatic N) is 5. The quantitative estimate of drug-likeness (QED) is 0.171. The van der Waals surface area contributed by atoms with Gasteiger partial charge in [-0.2, -0.15) is 0 Å². The monoisotopic (exact) mass is 522 g/mol. The average Bonchev–Trinajstić information content (AvgIpc) is 3.23. The highest BCUT2D eigenvalue weighted by Gasteiger charge is 2.59. The van der Waals surface area contributed by atoms with Crippen molar-refractivity contribution in [1.82, 2.24) is 19.4 Å². The summed E-state index contributed by atoms with van der Waals surface area (Å²) < 4.78 is 25.4. The van der Waals surface area contributed by atoms with Crippen molar-refractivity contribution in [3.8, 4) is 0 Å². The SMILES string of the molecule is CSc1nc(N=CN(C)C)c2c(N)cn(C3O[C@H](COC(C)=O)[C@@H](OC(C)C)[C@@]3(C)OC(C)=O)c2n1. The molecule has 12 nitrogen and oxygen atoms in total. The Morgan fingerprint density at radius 1 is 1.33 bits per heavy atom. The maximum Gasteiger partial charge on any atom is 0.303 e. The van der Waals surface area contributed by atoms with Crippen LogP contribution in [-0.4, -0.2) is 88.6 Å². The summed E-state index contributed by atoms with van der Waals surface area (Å²) in [5.74, 6) is -0.583. The Balaban J connectivity index is 2.21. The molecule has 3 rings (SSSR count). The largest absolute Gasteiger partial charge is 0.463 e. The molecule has 1 aliphatic rings. The molecule has 0 bridgehead atoms. The van der Waals surface area contributed by atoms with E-state index < -0.39 is 36.0 Å². The lowest BCUT2D eigenvalue weighted by molar-refractivity contribution is -0.183. The van der Waals surface area contributed by atoms with Gasteiger partial charge in [0.1, 0.15) is 18.8 Å². The Morgan fingerprint density at radius 2 is 2.03 bits per heavy atom. The lowest BCUT2D eigenvalue weighted by Crippen LogP contribution is -2.50. The molecule has 0 radical (unpaired) electrons. The number of ether oxygens (including phenoxy) is 4. The zero-order valence-corrected chi connectivity index (χ0v) is 22.7. The van der Waals surface area contributed by atoms with Gasteiger partial charge in [-0.3, -0.25) is 14.2 Å². The van der Waals surface area contributed by atoms with Crippen LogP contribution in [0.15, 0.2) is 16.3 Å². The number of aliphatic imine (C=N–C) groups is 1. The first kappa shape index (κ1) is 27.7. The van der Waals surface area contributed by atoms with Crippen LogP contribution >= 0.6 is 11.8 Å². The highest BCUT2D eigenvalue weighted by atomic mass is 32.2. The molecule has 0 saturated carbocycles. The molecule has 0 amide bonds. The molecule has 1 unspecified atom stereocenters. The van der Waals surface area contributed by atoms with E-state index >= 15 is 0 Å². The van der Waals surface area contributed by atoms with Crippen LogP contribution in [-0.2, 0) is 28.5 Å². The van der Waals surface area contributed by atoms with E-state index in [-0.39, 0.29) is 12.7 Å². The summed E-state index contributed by atoms with van der Waals surface area (Å²) in [5.41, 5.74) is 5.95. The van der Waals surface area contributed by atoms with Crippen LogP contribution in [0.25, 0.3) is 11.0 Å². The molecule has 1 saturated heterocycles. The number of aromatic nitrogens is 3. The summed E-state index contributed by atoms with van der Waals surface area (Å²) in [6, 6.07) is 0. The number of nitrogen functional groups attached to an aromatic ring is 1. The van der Waals surface area contributed by atoms with Crippen molar-refractivity contribution < 1.29 is 28.5 Å². The molecule has 2 aromatic rings. The third-order valence-corrected chi connectivity index (χ3v) is 5.99. The van der Waals surface area contributed by atoms with Crippen molar-refractivity contribution in [1.29, 1.82) is 0 Å². The van der Waals surface area contributed by atoms with E-state index in [2.05, 4.69) is 15.0 Å². The standard InChI is InChI=1S/C23H34N6O6S/c1-12(2)33-18-16(10-32-13(3)30)34-21(23(18,5)35-14(4)31)29-9-15(24)17-19(25-11-28(6)7)26-22(36-8)27-20(17)29/h9,11-12,16,18,21H,10,24H2,1-8H3/t16-,18-,21?,23-/m1/s1. The molecule has 13 heteroatoms. The van der Waals surface area contributed by atoms with E-state index in [1.165, 1.54) is 25.6 Å². The highest BCUT2D eigenvalue weighted by Crippen LogP contribution is 2.46. The van der Waals surface area contributed by atoms with E-state index in [4.69, 9.17) is 24.7 Å². The number of carbonyl (C=O) groups is 2. The number of nitrogens with two attached hydrogens (primary N) is 1. The highest BCUT2D eigenvalue weighted by molar-refractivity contribution is 7.98. The van der Waals surface area contributed by atoms with Gasteiger partial charge < -0.3 is 29.6 Å². The number of carbonyl (C=O) groups excluding carboxylic acids is 2. The molecule has 2 N–H and O–H groups in total. The van der Waals surface area contributed by atoms with Gasteiger partial charge in [-0.05, 0) is 27.0 Å². The third-order valence-electron chi connectivity index (χ3n) is 5.44. The van der Waals surface area contributed by atoms with Gasteiger partial charge in [-0.25, -0.2) is 15.0 Å². The van der Waals surface area contributed by atoms with E-state index in [0.29, 0.717) is 27.7 Å². The van der Waals surface area contributed by atoms with Gasteiger partial charge >= 0.3 is 11.9 Å². The molecule has 3 heterocycles. The van der Waals surface area contributed by atoms with Crippen molar-refractivity contribution in [3.63, 3.8) is 0 Å². The number of thioether (sulfide) groups is 1. The maximum atomic E-state index is 12.3. The predicted octanol–water partition coefficient (Wildman–Crippen LogP) is 2.53. The molecule has 4 atom stereocenters. The second-order valence-electron chi connectivity index (χ2n) is 9.14. The van der Waals surface area contributed by atoms with E-state index in [1.54, 1.807) is 28.9 Å². The summed E-state index contributed by atoms with van der Waals surface area (Å²) in [7, 11) is 3.70. The minimum atomic E-state index is -1.31. The van der Waals surface area contributed by atoms with Crippen molar-refractivity contribution in [3.05, 3.63) is 6.20 Å². The average molecular weight is 523 g/mol. The van der Waals surface area contributed by atoms with E-state index in [9.17, 15) is 9.59 Å². The summed E-state index contributed by atoms with van der Waals surface area (Å²) >= 11 is 1.35. The van der Waals surface area contributed by atoms with Crippen LogP contribution in [0.3, 0.4) is 0 Å². The molecule has 0 aliphatic carbocycles. The first-order valence-electron chi connectivity index (χ1n) is 11.4. The van der Waals surface area contributed by atoms with Crippen LogP contribution in [0.2, 0.25) is 0 Å². The molecule has 198 valence electrons. The topological polar surface area (TPSA) is 143 Å². The normalized spacial score (nSPS) is 24.1. The van der Waals surface area contributed by atoms with Crippen molar-refractivity contribution in [2.75, 3.05) is 32.7 Å². The minimum absolute atomic E-state index is 0.0851. The summed E-state index contributed by atoms with van der Waals surface area (Å²) in [6.07, 6.45) is 2.53. The molecule has 1 fully saturated rings. The van der Waals surface area contributed by atoms with Crippen LogP contribution < -0.4 is 5.73 Å². The predicted molar refractivity (Wildman–Crippen MR) is 136 cm³/mol. The van der Waals surface area contributed by atoms with E-state index in [0.717, 1.165) is 0 Å². The fourth-order valence-corrected chi connectivity index (χ4v) is 4.51. The van der Waals surface area contributed by atoms with Gasteiger partial charge in [-0.1, -0.05) is 11.8 Å². The molecule has 1 aliphatic heterocycles. The summed E-state index contributed by atoms with van der Waals surface area (Å²) in [5, 5.41) is 1.01. The van der Waals surface area contributed by atoms with Gasteiger partial charge in [0.2, 0.25) is 0 Å². The fourth-order valence-electron chi connectivity index (χ4n) is 4.16. The zero-order valence-electron chi connectivity index (χ0n) is 21.8. The minimum Gasteiger partial charge on any atom is -0.463 e. The first-order chi connectivity index (χ1) is 16.9. The Bertz CT molecular complexity index is 1150.